The molecule has 0 spiro atoms. The number of imidazole rings is 1. The van der Waals surface area contributed by atoms with Gasteiger partial charge in [-0.05, 0) is 36.5 Å². The van der Waals surface area contributed by atoms with Gasteiger partial charge in [-0.2, -0.15) is 5.10 Å². The number of nitrogen functional groups attached to an aromatic ring is 1. The van der Waals surface area contributed by atoms with E-state index in [0.717, 1.165) is 11.4 Å². The zero-order valence-corrected chi connectivity index (χ0v) is 10.3. The number of nitrogens with two attached hydrogens (primary N) is 2. The van der Waals surface area contributed by atoms with Gasteiger partial charge in [0.1, 0.15) is 5.69 Å². The van der Waals surface area contributed by atoms with E-state index < -0.39 is 0 Å². The largest absolute Gasteiger partial charge is 0.399 e. The average molecular weight is 260 g/mol. The van der Waals surface area contributed by atoms with Gasteiger partial charge in [0, 0.05) is 17.6 Å². The number of anilines is 1. The van der Waals surface area contributed by atoms with Gasteiger partial charge in [0.15, 0.2) is 5.11 Å². The van der Waals surface area contributed by atoms with Crippen molar-refractivity contribution < 1.29 is 0 Å². The summed E-state index contributed by atoms with van der Waals surface area (Å²) in [4.78, 5) is 4.17. The molecule has 0 amide bonds. The summed E-state index contributed by atoms with van der Waals surface area (Å²) in [5, 5.41) is 3.94. The molecule has 0 aliphatic rings. The lowest BCUT2D eigenvalue weighted by Gasteiger charge is -2.01. The van der Waals surface area contributed by atoms with Gasteiger partial charge in [0.25, 0.3) is 0 Å². The second-order valence-corrected chi connectivity index (χ2v) is 3.97. The molecule has 0 saturated carbocycles. The number of rotatable bonds is 3. The summed E-state index contributed by atoms with van der Waals surface area (Å²) >= 11 is 4.62. The minimum Gasteiger partial charge on any atom is -0.399 e. The summed E-state index contributed by atoms with van der Waals surface area (Å²) < 4.78 is 1.86. The van der Waals surface area contributed by atoms with Gasteiger partial charge in [0.05, 0.1) is 12.5 Å². The van der Waals surface area contributed by atoms with Gasteiger partial charge in [0.2, 0.25) is 0 Å². The zero-order valence-electron chi connectivity index (χ0n) is 9.45. The molecule has 1 heterocycles. The van der Waals surface area contributed by atoms with Crippen LogP contribution < -0.4 is 16.9 Å². The smallest absolute Gasteiger partial charge is 0.184 e. The van der Waals surface area contributed by atoms with Crippen molar-refractivity contribution in [2.45, 2.75) is 0 Å². The van der Waals surface area contributed by atoms with E-state index in [0.29, 0.717) is 5.69 Å². The first kappa shape index (κ1) is 12.1. The molecule has 2 rings (SSSR count). The Morgan fingerprint density at radius 2 is 2.11 bits per heavy atom. The standard InChI is InChI=1S/C11H12N6S/c12-8-1-3-10(4-2-8)17-6-9(14-7-17)5-15-16-11(13)18/h1-7H,12H2,(H3,13,16,18). The molecular weight excluding hydrogens is 248 g/mol. The Morgan fingerprint density at radius 3 is 2.78 bits per heavy atom. The molecule has 0 aliphatic carbocycles. The topological polar surface area (TPSA) is 94.2 Å². The minimum absolute atomic E-state index is 0.115. The highest BCUT2D eigenvalue weighted by Crippen LogP contribution is 2.10. The van der Waals surface area contributed by atoms with Crippen LogP contribution in [-0.2, 0) is 0 Å². The quantitative estimate of drug-likeness (QED) is 0.325. The van der Waals surface area contributed by atoms with Gasteiger partial charge in [-0.3, -0.25) is 5.43 Å². The second-order valence-electron chi connectivity index (χ2n) is 3.53. The Labute approximate surface area is 109 Å². The molecule has 0 fully saturated rings. The van der Waals surface area contributed by atoms with E-state index >= 15 is 0 Å². The van der Waals surface area contributed by atoms with Crippen LogP contribution in [-0.4, -0.2) is 20.9 Å². The fraction of sp³-hybridized carbons (Fsp3) is 0. The first-order chi connectivity index (χ1) is 8.65. The number of nitrogens with one attached hydrogen (secondary N) is 1. The van der Waals surface area contributed by atoms with Crippen molar-refractivity contribution in [1.29, 1.82) is 0 Å². The van der Waals surface area contributed by atoms with Crippen molar-refractivity contribution in [1.82, 2.24) is 15.0 Å². The monoisotopic (exact) mass is 260 g/mol. The lowest BCUT2D eigenvalue weighted by Crippen LogP contribution is -2.24. The Morgan fingerprint density at radius 1 is 1.39 bits per heavy atom. The number of benzene rings is 1. The SMILES string of the molecule is NC(=S)NN=Cc1cn(-c2ccc(N)cc2)cn1. The molecule has 18 heavy (non-hydrogen) atoms. The van der Waals surface area contributed by atoms with Crippen LogP contribution in [0.25, 0.3) is 5.69 Å². The molecule has 0 aliphatic heterocycles. The fourth-order valence-corrected chi connectivity index (χ4v) is 1.41. The van der Waals surface area contributed by atoms with Crippen LogP contribution in [0.4, 0.5) is 5.69 Å². The molecule has 5 N–H and O–H groups in total. The molecule has 0 unspecified atom stereocenters. The zero-order chi connectivity index (χ0) is 13.0. The third-order valence-electron chi connectivity index (χ3n) is 2.17. The van der Waals surface area contributed by atoms with E-state index in [4.69, 9.17) is 11.5 Å². The van der Waals surface area contributed by atoms with E-state index in [2.05, 4.69) is 27.7 Å². The van der Waals surface area contributed by atoms with E-state index in [-0.39, 0.29) is 5.11 Å². The average Bonchev–Trinajstić information content (AvgIpc) is 2.78. The molecule has 1 aromatic heterocycles. The summed E-state index contributed by atoms with van der Waals surface area (Å²) in [6, 6.07) is 7.48. The summed E-state index contributed by atoms with van der Waals surface area (Å²) in [6.45, 7) is 0. The van der Waals surface area contributed by atoms with Crippen LogP contribution >= 0.6 is 12.2 Å². The van der Waals surface area contributed by atoms with Gasteiger partial charge in [-0.1, -0.05) is 0 Å². The van der Waals surface area contributed by atoms with Crippen LogP contribution in [0.3, 0.4) is 0 Å². The van der Waals surface area contributed by atoms with Crippen molar-refractivity contribution in [3.8, 4) is 5.69 Å². The molecular formula is C11H12N6S. The predicted molar refractivity (Wildman–Crippen MR) is 75.5 cm³/mol. The summed E-state index contributed by atoms with van der Waals surface area (Å²) in [6.07, 6.45) is 5.05. The summed E-state index contributed by atoms with van der Waals surface area (Å²) in [7, 11) is 0. The lowest BCUT2D eigenvalue weighted by molar-refractivity contribution is 1.04. The maximum Gasteiger partial charge on any atom is 0.184 e. The van der Waals surface area contributed by atoms with Crippen molar-refractivity contribution in [2.24, 2.45) is 10.8 Å². The first-order valence-electron chi connectivity index (χ1n) is 5.13. The van der Waals surface area contributed by atoms with Crippen LogP contribution in [0.2, 0.25) is 0 Å². The third-order valence-corrected chi connectivity index (χ3v) is 2.26. The third kappa shape index (κ3) is 3.05. The van der Waals surface area contributed by atoms with Crippen LogP contribution in [0, 0.1) is 0 Å². The van der Waals surface area contributed by atoms with Crippen molar-refractivity contribution in [3.63, 3.8) is 0 Å². The Kier molecular flexibility index (Phi) is 3.54. The van der Waals surface area contributed by atoms with Crippen LogP contribution in [0.15, 0.2) is 41.9 Å². The second kappa shape index (κ2) is 5.28. The molecule has 7 heteroatoms. The minimum atomic E-state index is 0.115. The maximum absolute atomic E-state index is 5.63. The Bertz CT molecular complexity index is 571. The van der Waals surface area contributed by atoms with Gasteiger partial charge in [-0.25, -0.2) is 4.98 Å². The van der Waals surface area contributed by atoms with E-state index in [1.165, 1.54) is 6.21 Å². The Hall–Kier alpha value is -2.41. The van der Waals surface area contributed by atoms with Gasteiger partial charge < -0.3 is 16.0 Å². The molecule has 0 saturated heterocycles. The van der Waals surface area contributed by atoms with Crippen LogP contribution in [0.5, 0.6) is 0 Å². The number of hydrazone groups is 1. The normalized spacial score (nSPS) is 10.7. The van der Waals surface area contributed by atoms with Crippen molar-refractivity contribution >= 4 is 29.2 Å². The first-order valence-corrected chi connectivity index (χ1v) is 5.54. The molecule has 2 aromatic rings. The Balaban J connectivity index is 2.12. The molecule has 92 valence electrons. The van der Waals surface area contributed by atoms with Gasteiger partial charge >= 0.3 is 0 Å². The van der Waals surface area contributed by atoms with E-state index in [9.17, 15) is 0 Å². The molecule has 1 aromatic carbocycles. The maximum atomic E-state index is 5.63. The molecule has 0 atom stereocenters. The summed E-state index contributed by atoms with van der Waals surface area (Å²) in [5.74, 6) is 0. The molecule has 6 nitrogen and oxygen atoms in total. The summed E-state index contributed by atoms with van der Waals surface area (Å²) in [5.41, 5.74) is 15.7. The number of nitrogens with zero attached hydrogens (tertiary/aromatic N) is 3. The predicted octanol–water partition coefficient (Wildman–Crippen LogP) is 0.622. The van der Waals surface area contributed by atoms with Crippen molar-refractivity contribution in [2.75, 3.05) is 5.73 Å². The van der Waals surface area contributed by atoms with Crippen LogP contribution in [0.1, 0.15) is 5.69 Å². The highest BCUT2D eigenvalue weighted by atomic mass is 32.1. The molecule has 0 bridgehead atoms. The molecule has 0 radical (unpaired) electrons. The van der Waals surface area contributed by atoms with Crippen molar-refractivity contribution in [3.05, 3.63) is 42.5 Å². The number of aromatic nitrogens is 2. The number of hydrogen-bond acceptors (Lipinski definition) is 4. The van der Waals surface area contributed by atoms with Gasteiger partial charge in [-0.15, -0.1) is 0 Å². The van der Waals surface area contributed by atoms with E-state index in [1.807, 2.05) is 35.0 Å². The number of hydrogen-bond donors (Lipinski definition) is 3. The highest BCUT2D eigenvalue weighted by Gasteiger charge is 1.98. The lowest BCUT2D eigenvalue weighted by atomic mass is 10.3. The van der Waals surface area contributed by atoms with E-state index in [1.54, 1.807) is 6.33 Å². The number of thiocarbonyl (C=S) groups is 1. The highest BCUT2D eigenvalue weighted by molar-refractivity contribution is 7.80. The fourth-order valence-electron chi connectivity index (χ4n) is 1.35.